The molecule has 496 valence electrons. The molecule has 15 aliphatic rings. The van der Waals surface area contributed by atoms with Gasteiger partial charge in [0.2, 0.25) is 5.91 Å². The van der Waals surface area contributed by atoms with Crippen molar-refractivity contribution in [3.8, 4) is 0 Å². The lowest BCUT2D eigenvalue weighted by Crippen LogP contribution is -2.60. The van der Waals surface area contributed by atoms with Gasteiger partial charge >= 0.3 is 0 Å². The lowest BCUT2D eigenvalue weighted by atomic mass is 9.88. The molecule has 7 aromatic heterocycles. The highest BCUT2D eigenvalue weighted by Crippen LogP contribution is 2.53. The van der Waals surface area contributed by atoms with E-state index in [1.165, 1.54) is 22.3 Å². The maximum Gasteiger partial charge on any atom is 0.249 e. The molecule has 2 N–H and O–H groups in total. The highest BCUT2D eigenvalue weighted by atomic mass is 79.9. The first-order chi connectivity index (χ1) is 48.5. The predicted molar refractivity (Wildman–Crippen MR) is 390 cm³/mol. The molecule has 27 rings (SSSR count). The molecule has 0 spiro atoms. The second-order valence-corrected chi connectivity index (χ2v) is 29.9. The molecule has 15 atom stereocenters. The average molecular weight is 1640 g/mol. The van der Waals surface area contributed by atoms with Crippen molar-refractivity contribution in [1.29, 1.82) is 0 Å². The number of morpholine rings is 1. The van der Waals surface area contributed by atoms with Crippen LogP contribution in [-0.4, -0.2) is 103 Å². The first kappa shape index (κ1) is 63.4. The second-order valence-electron chi connectivity index (χ2n) is 25.9. The number of nitrogens with one attached hydrogen (secondary N) is 2. The molecule has 15 aliphatic heterocycles. The first-order valence-electron chi connectivity index (χ1n) is 33.1. The fourth-order valence-electron chi connectivity index (χ4n) is 15.2. The fraction of sp³-hybridized carbons (Fsp3) is 0.267. The van der Waals surface area contributed by atoms with Crippen molar-refractivity contribution in [2.24, 2.45) is 4.99 Å². The smallest absolute Gasteiger partial charge is 0.249 e. The number of benzene rings is 5. The van der Waals surface area contributed by atoms with E-state index in [1.54, 1.807) is 0 Å². The quantitative estimate of drug-likeness (QED) is 0.149. The fourth-order valence-corrected chi connectivity index (χ4v) is 17.1. The number of pyridine rings is 4. The molecule has 10 bridgehead atoms. The number of piperidine rings is 1. The Morgan fingerprint density at radius 2 is 0.707 bits per heavy atom. The molecule has 22 heterocycles. The Bertz CT molecular complexity index is 4710. The summed E-state index contributed by atoms with van der Waals surface area (Å²) >= 11 is 17.2. The van der Waals surface area contributed by atoms with E-state index in [1.807, 2.05) is 115 Å². The summed E-state index contributed by atoms with van der Waals surface area (Å²) in [5, 5.41) is 6.33. The van der Waals surface area contributed by atoms with E-state index in [-0.39, 0.29) is 97.2 Å². The third-order valence-electron chi connectivity index (χ3n) is 20.0. The zero-order chi connectivity index (χ0) is 66.6. The van der Waals surface area contributed by atoms with Crippen molar-refractivity contribution in [3.63, 3.8) is 0 Å². The molecule has 1 amide bonds. The minimum atomic E-state index is -0.181. The lowest BCUT2D eigenvalue weighted by Gasteiger charge is -2.46. The van der Waals surface area contributed by atoms with Crippen LogP contribution in [0.25, 0.3) is 33.5 Å². The van der Waals surface area contributed by atoms with Gasteiger partial charge in [-0.1, -0.05) is 152 Å². The molecule has 5 aromatic carbocycles. The number of ether oxygens (including phenoxy) is 5. The van der Waals surface area contributed by atoms with E-state index in [4.69, 9.17) is 43.6 Å². The van der Waals surface area contributed by atoms with Crippen LogP contribution in [0.15, 0.2) is 228 Å². The molecule has 0 radical (unpaired) electrons. The predicted octanol–water partition coefficient (Wildman–Crippen LogP) is 16.2. The number of hydrogen-bond acceptors (Lipinski definition) is 15. The second kappa shape index (κ2) is 26.3. The van der Waals surface area contributed by atoms with Crippen molar-refractivity contribution >= 4 is 131 Å². The standard InChI is InChI=1S/C16H13Br2N3O.3C16H12BrN3O.C11H11NO2/c17-13-7-6-10(15(18)20-13)19-16-12-8-11(22-12)14(21-16)9-4-2-1-3-5-9;3*17-13-7-6-10-15(19-13)20-14(9-4-2-1-3-5-9)11-8-12(21-11)16(20)18-10;13-11-9-6-8(14-9)10(12-11)7-4-2-1-3-5-7/h1-7,11-12,14H,8H2,(H,19,21);3*1-7,11-12,14H,8H2;1-5,8-10H,6H2,(H,12,13)/t;2*11?,12-,14+;;/m.10../s1. The Labute approximate surface area is 610 Å². The van der Waals surface area contributed by atoms with Gasteiger partial charge in [-0.15, -0.1) is 0 Å². The maximum atomic E-state index is 11.4. The molecule has 19 nitrogen and oxygen atoms in total. The highest BCUT2D eigenvalue weighted by Gasteiger charge is 2.52. The maximum absolute atomic E-state index is 11.4. The van der Waals surface area contributed by atoms with E-state index < -0.39 is 0 Å². The average Bonchev–Trinajstić information content (AvgIpc) is 1.63. The van der Waals surface area contributed by atoms with Crippen LogP contribution < -0.4 is 10.6 Å². The number of nitrogens with zero attached hydrogens (tertiary/aromatic N) is 11. The number of aliphatic imine (C=N–C) groups is 1. The van der Waals surface area contributed by atoms with E-state index >= 15 is 0 Å². The van der Waals surface area contributed by atoms with Gasteiger partial charge in [0, 0.05) is 32.1 Å². The summed E-state index contributed by atoms with van der Waals surface area (Å²) in [5.41, 5.74) is 12.6. The van der Waals surface area contributed by atoms with Gasteiger partial charge in [-0.05, 0) is 156 Å². The van der Waals surface area contributed by atoms with Crippen LogP contribution >= 0.6 is 79.6 Å². The Morgan fingerprint density at radius 3 is 1.09 bits per heavy atom. The molecule has 24 heteroatoms. The molecule has 0 saturated carbocycles. The van der Waals surface area contributed by atoms with Gasteiger partial charge in [0.1, 0.15) is 99.4 Å². The summed E-state index contributed by atoms with van der Waals surface area (Å²) < 4.78 is 40.3. The summed E-state index contributed by atoms with van der Waals surface area (Å²) in [6.45, 7) is 0. The Morgan fingerprint density at radius 1 is 0.364 bits per heavy atom. The minimum absolute atomic E-state index is 0.0290. The molecule has 11 unspecified atom stereocenters. The summed E-state index contributed by atoms with van der Waals surface area (Å²) in [7, 11) is 0. The van der Waals surface area contributed by atoms with Crippen molar-refractivity contribution in [2.75, 3.05) is 5.32 Å². The van der Waals surface area contributed by atoms with E-state index in [2.05, 4.69) is 209 Å². The van der Waals surface area contributed by atoms with Crippen molar-refractivity contribution < 1.29 is 28.5 Å². The molecule has 0 aliphatic carbocycles. The van der Waals surface area contributed by atoms with E-state index in [9.17, 15) is 4.79 Å². The summed E-state index contributed by atoms with van der Waals surface area (Å²) in [4.78, 5) is 48.7. The van der Waals surface area contributed by atoms with Gasteiger partial charge in [0.15, 0.2) is 16.9 Å². The van der Waals surface area contributed by atoms with E-state index in [0.717, 1.165) is 123 Å². The lowest BCUT2D eigenvalue weighted by molar-refractivity contribution is -0.187. The number of anilines is 1. The number of fused-ring (bicyclic) bond motifs is 6. The van der Waals surface area contributed by atoms with Crippen LogP contribution in [0.2, 0.25) is 0 Å². The number of carbonyl (C=O) groups is 1. The van der Waals surface area contributed by atoms with Crippen LogP contribution in [0.1, 0.15) is 126 Å². The highest BCUT2D eigenvalue weighted by molar-refractivity contribution is 9.11. The van der Waals surface area contributed by atoms with Gasteiger partial charge in [-0.3, -0.25) is 9.79 Å². The SMILES string of the molecule is Brc1ccc(NC2=NC(c3ccccc3)C3CC2O3)c(Br)n1.Brc1ccc2nc3n(c2n1)C(c1ccccc1)C1CC3O1.Brc1ccc2nc3n(c2n1)[C@@H](c1ccccc1)C1C[C@H]3O1.Brc1ccc2nc3n(c2n1)[C@H](c1ccccc1)C1C[C@@H]3O1.O=C1NC(c2ccccc2)C2CC1O2. The van der Waals surface area contributed by atoms with Gasteiger partial charge in [0.05, 0.1) is 60.4 Å². The molecule has 12 aromatic rings. The zero-order valence-electron chi connectivity index (χ0n) is 52.5. The Kier molecular flexibility index (Phi) is 16.9. The number of hydrogen-bond donors (Lipinski definition) is 2. The van der Waals surface area contributed by atoms with Crippen LogP contribution in [0.3, 0.4) is 0 Å². The van der Waals surface area contributed by atoms with Crippen molar-refractivity contribution in [1.82, 2.24) is 53.9 Å². The van der Waals surface area contributed by atoms with Crippen molar-refractivity contribution in [2.45, 2.75) is 123 Å². The Balaban J connectivity index is 0.0000000900. The molecule has 7 fully saturated rings. The molecular formula is C75H60Br5N13O6. The number of carbonyl (C=O) groups excluding carboxylic acids is 1. The first-order valence-corrected chi connectivity index (χ1v) is 37.1. The Hall–Kier alpha value is -7.75. The summed E-state index contributed by atoms with van der Waals surface area (Å²) in [6, 6.07) is 68.0. The van der Waals surface area contributed by atoms with Crippen LogP contribution in [0, 0.1) is 0 Å². The largest absolute Gasteiger partial charge is 0.364 e. The van der Waals surface area contributed by atoms with Gasteiger partial charge < -0.3 is 48.0 Å². The summed E-state index contributed by atoms with van der Waals surface area (Å²) in [6.07, 6.45) is 6.34. The molecular weight excluding hydrogens is 1580 g/mol. The van der Waals surface area contributed by atoms with Gasteiger partial charge in [-0.25, -0.2) is 34.9 Å². The topological polar surface area (TPSA) is 205 Å². The number of aromatic nitrogens is 10. The third-order valence-corrected chi connectivity index (χ3v) is 22.3. The van der Waals surface area contributed by atoms with Crippen LogP contribution in [-0.2, 0) is 28.5 Å². The van der Waals surface area contributed by atoms with Gasteiger partial charge in [0.25, 0.3) is 0 Å². The van der Waals surface area contributed by atoms with Crippen molar-refractivity contribution in [3.05, 3.63) is 268 Å². The number of halogens is 5. The molecule has 7 saturated heterocycles. The monoisotopic (exact) mass is 1630 g/mol. The normalized spacial score (nSPS) is 27.5. The van der Waals surface area contributed by atoms with Gasteiger partial charge in [-0.2, -0.15) is 0 Å². The number of imidazole rings is 3. The third kappa shape index (κ3) is 11.8. The van der Waals surface area contributed by atoms with Crippen LogP contribution in [0.5, 0.6) is 0 Å². The van der Waals surface area contributed by atoms with Crippen LogP contribution in [0.4, 0.5) is 5.69 Å². The minimum Gasteiger partial charge on any atom is -0.364 e. The number of amides is 1. The molecule has 99 heavy (non-hydrogen) atoms. The summed E-state index contributed by atoms with van der Waals surface area (Å²) in [5.74, 6) is 3.92. The number of amidine groups is 1. The zero-order valence-corrected chi connectivity index (χ0v) is 60.4. The number of rotatable bonds is 6. The van der Waals surface area contributed by atoms with E-state index in [0.29, 0.717) is 0 Å².